The summed E-state index contributed by atoms with van der Waals surface area (Å²) in [6.07, 6.45) is 42.6. The minimum atomic E-state index is -4.40. The van der Waals surface area contributed by atoms with Crippen molar-refractivity contribution in [1.82, 2.24) is 5.32 Å². The zero-order valence-corrected chi connectivity index (χ0v) is 35.4. The Bertz CT molecular complexity index is 854. The maximum absolute atomic E-state index is 12.6. The van der Waals surface area contributed by atoms with Gasteiger partial charge >= 0.3 is 0 Å². The highest BCUT2D eigenvalue weighted by Crippen LogP contribution is 2.17. The molecule has 0 spiro atoms. The van der Waals surface area contributed by atoms with Crippen molar-refractivity contribution in [2.45, 2.75) is 270 Å². The Labute approximate surface area is 323 Å². The molecular weight excluding hydrogens is 671 g/mol. The number of carbonyl (C=O) groups is 1. The molecule has 0 aliphatic heterocycles. The Kier molecular flexibility index (Phi) is 38.1. The van der Waals surface area contributed by atoms with Crippen LogP contribution in [0.1, 0.15) is 251 Å². The maximum Gasteiger partial charge on any atom is 0.266 e. The van der Waals surface area contributed by atoms with Crippen LogP contribution in [-0.2, 0) is 14.9 Å². The third-order valence-corrected chi connectivity index (χ3v) is 11.7. The SMILES string of the molecule is CCCCCCCCCCCCCCCCCCCCC(O)C(CS(=O)(=O)O)NC(=O)C(O)CCCCCCCCCCCCCCCCCCC. The predicted molar refractivity (Wildman–Crippen MR) is 223 cm³/mol. The van der Waals surface area contributed by atoms with E-state index in [-0.39, 0.29) is 0 Å². The fourth-order valence-electron chi connectivity index (χ4n) is 7.40. The van der Waals surface area contributed by atoms with Gasteiger partial charge in [0.1, 0.15) is 6.10 Å². The number of aliphatic hydroxyl groups is 2. The van der Waals surface area contributed by atoms with Crippen LogP contribution in [0.2, 0.25) is 0 Å². The number of aliphatic hydroxyl groups excluding tert-OH is 2. The highest BCUT2D eigenvalue weighted by molar-refractivity contribution is 7.85. The van der Waals surface area contributed by atoms with Crippen LogP contribution in [0.5, 0.6) is 0 Å². The fourth-order valence-corrected chi connectivity index (χ4v) is 8.16. The number of unbranched alkanes of at least 4 members (excludes halogenated alkanes) is 33. The number of carbonyl (C=O) groups excluding carboxylic acids is 1. The number of hydrogen-bond acceptors (Lipinski definition) is 5. The van der Waals surface area contributed by atoms with Crippen molar-refractivity contribution in [2.24, 2.45) is 0 Å². The Hall–Kier alpha value is -0.700. The maximum atomic E-state index is 12.6. The van der Waals surface area contributed by atoms with E-state index in [1.54, 1.807) is 0 Å². The van der Waals surface area contributed by atoms with Crippen molar-refractivity contribution in [1.29, 1.82) is 0 Å². The topological polar surface area (TPSA) is 124 Å². The molecule has 52 heavy (non-hydrogen) atoms. The molecule has 0 aromatic carbocycles. The first kappa shape index (κ1) is 51.3. The molecule has 0 fully saturated rings. The Balaban J connectivity index is 3.88. The molecule has 0 heterocycles. The van der Waals surface area contributed by atoms with Crippen LogP contribution in [0.15, 0.2) is 0 Å². The van der Waals surface area contributed by atoms with E-state index in [9.17, 15) is 28.0 Å². The van der Waals surface area contributed by atoms with E-state index in [0.29, 0.717) is 12.8 Å². The zero-order chi connectivity index (χ0) is 38.4. The minimum absolute atomic E-state index is 0.304. The molecule has 0 rings (SSSR count). The van der Waals surface area contributed by atoms with Crippen molar-refractivity contribution >= 4 is 16.0 Å². The first-order valence-electron chi connectivity index (χ1n) is 22.8. The smallest absolute Gasteiger partial charge is 0.266 e. The van der Waals surface area contributed by atoms with Gasteiger partial charge in [-0.15, -0.1) is 0 Å². The highest BCUT2D eigenvalue weighted by atomic mass is 32.2. The number of rotatable bonds is 42. The summed E-state index contributed by atoms with van der Waals surface area (Å²) < 4.78 is 32.7. The molecule has 0 aliphatic rings. The van der Waals surface area contributed by atoms with Crippen LogP contribution in [0, 0.1) is 0 Å². The summed E-state index contributed by atoms with van der Waals surface area (Å²) in [5.41, 5.74) is 0. The molecule has 8 heteroatoms. The number of hydrogen-bond donors (Lipinski definition) is 4. The lowest BCUT2D eigenvalue weighted by molar-refractivity contribution is -0.131. The molecule has 4 N–H and O–H groups in total. The van der Waals surface area contributed by atoms with E-state index in [4.69, 9.17) is 0 Å². The third-order valence-electron chi connectivity index (χ3n) is 10.9. The molecule has 0 saturated carbocycles. The average molecular weight is 760 g/mol. The van der Waals surface area contributed by atoms with Crippen LogP contribution in [0.25, 0.3) is 0 Å². The zero-order valence-electron chi connectivity index (χ0n) is 34.6. The van der Waals surface area contributed by atoms with Gasteiger partial charge in [0.15, 0.2) is 0 Å². The molecule has 0 aliphatic carbocycles. The van der Waals surface area contributed by atoms with Crippen molar-refractivity contribution < 1.29 is 28.0 Å². The van der Waals surface area contributed by atoms with E-state index in [2.05, 4.69) is 19.2 Å². The lowest BCUT2D eigenvalue weighted by Gasteiger charge is -2.24. The second-order valence-corrected chi connectivity index (χ2v) is 17.7. The first-order chi connectivity index (χ1) is 25.2. The molecule has 7 nitrogen and oxygen atoms in total. The fraction of sp³-hybridized carbons (Fsp3) is 0.977. The van der Waals surface area contributed by atoms with Gasteiger partial charge in [-0.05, 0) is 12.8 Å². The van der Waals surface area contributed by atoms with Gasteiger partial charge in [-0.2, -0.15) is 8.42 Å². The monoisotopic (exact) mass is 760 g/mol. The van der Waals surface area contributed by atoms with Gasteiger partial charge < -0.3 is 15.5 Å². The van der Waals surface area contributed by atoms with Crippen molar-refractivity contribution in [3.8, 4) is 0 Å². The van der Waals surface area contributed by atoms with E-state index < -0.39 is 40.0 Å². The Morgan fingerprint density at radius 2 is 0.692 bits per heavy atom. The molecule has 0 aromatic heterocycles. The molecule has 0 bridgehead atoms. The van der Waals surface area contributed by atoms with Gasteiger partial charge in [0.25, 0.3) is 10.1 Å². The van der Waals surface area contributed by atoms with Crippen LogP contribution >= 0.6 is 0 Å². The summed E-state index contributed by atoms with van der Waals surface area (Å²) in [4.78, 5) is 12.6. The van der Waals surface area contributed by atoms with Gasteiger partial charge in [-0.3, -0.25) is 9.35 Å². The summed E-state index contributed by atoms with van der Waals surface area (Å²) in [5, 5.41) is 23.6. The first-order valence-corrected chi connectivity index (χ1v) is 24.4. The van der Waals surface area contributed by atoms with Gasteiger partial charge in [0.05, 0.1) is 17.9 Å². The highest BCUT2D eigenvalue weighted by Gasteiger charge is 2.28. The second-order valence-electron chi connectivity index (χ2n) is 16.2. The largest absolute Gasteiger partial charge is 0.391 e. The van der Waals surface area contributed by atoms with Crippen molar-refractivity contribution in [3.63, 3.8) is 0 Å². The normalized spacial score (nSPS) is 13.7. The molecule has 3 atom stereocenters. The van der Waals surface area contributed by atoms with Gasteiger partial charge in [-0.1, -0.05) is 239 Å². The third kappa shape index (κ3) is 37.6. The predicted octanol–water partition coefficient (Wildman–Crippen LogP) is 12.6. The van der Waals surface area contributed by atoms with E-state index >= 15 is 0 Å². The van der Waals surface area contributed by atoms with E-state index in [1.807, 2.05) is 0 Å². The number of nitrogens with one attached hydrogen (secondary N) is 1. The molecule has 0 radical (unpaired) electrons. The van der Waals surface area contributed by atoms with Gasteiger partial charge in [0, 0.05) is 0 Å². The van der Waals surface area contributed by atoms with Crippen LogP contribution in [0.4, 0.5) is 0 Å². The second kappa shape index (κ2) is 38.6. The van der Waals surface area contributed by atoms with Crippen molar-refractivity contribution in [3.05, 3.63) is 0 Å². The minimum Gasteiger partial charge on any atom is -0.391 e. The van der Waals surface area contributed by atoms with Crippen LogP contribution in [-0.4, -0.2) is 53.1 Å². The Morgan fingerprint density at radius 3 is 0.962 bits per heavy atom. The van der Waals surface area contributed by atoms with Crippen LogP contribution in [0.3, 0.4) is 0 Å². The Morgan fingerprint density at radius 1 is 0.442 bits per heavy atom. The van der Waals surface area contributed by atoms with E-state index in [1.165, 1.54) is 180 Å². The lowest BCUT2D eigenvalue weighted by atomic mass is 10.0. The number of amides is 1. The molecule has 0 saturated heterocycles. The quantitative estimate of drug-likeness (QED) is 0.0363. The standard InChI is InChI=1S/C44H89NO6S/c1-3-5-7-9-11-13-15-17-19-21-23-24-26-28-30-32-34-36-38-42(46)41(40-52(49,50)51)45-44(48)43(47)39-37-35-33-31-29-27-25-22-20-18-16-14-12-10-8-6-4-2/h41-43,46-47H,3-40H2,1-2H3,(H,45,48)(H,49,50,51). The molecule has 1 amide bonds. The summed E-state index contributed by atoms with van der Waals surface area (Å²) in [7, 11) is -4.40. The van der Waals surface area contributed by atoms with Gasteiger partial charge in [-0.25, -0.2) is 0 Å². The van der Waals surface area contributed by atoms with Crippen LogP contribution < -0.4 is 5.32 Å². The molecule has 3 unspecified atom stereocenters. The summed E-state index contributed by atoms with van der Waals surface area (Å²) in [6.45, 7) is 4.53. The summed E-state index contributed by atoms with van der Waals surface area (Å²) in [6, 6.07) is -1.14. The molecule has 0 aromatic rings. The average Bonchev–Trinajstić information content (AvgIpc) is 3.11. The molecular formula is C44H89NO6S. The summed E-state index contributed by atoms with van der Waals surface area (Å²) >= 11 is 0. The van der Waals surface area contributed by atoms with Crippen molar-refractivity contribution in [2.75, 3.05) is 5.75 Å². The summed E-state index contributed by atoms with van der Waals surface area (Å²) in [5.74, 6) is -1.44. The molecule has 312 valence electrons. The van der Waals surface area contributed by atoms with Gasteiger partial charge in [0.2, 0.25) is 5.91 Å². The lowest BCUT2D eigenvalue weighted by Crippen LogP contribution is -2.50. The van der Waals surface area contributed by atoms with E-state index in [0.717, 1.165) is 44.9 Å².